The van der Waals surface area contributed by atoms with Crippen LogP contribution >= 0.6 is 0 Å². The van der Waals surface area contributed by atoms with E-state index in [-0.39, 0.29) is 0 Å². The fourth-order valence-electron chi connectivity index (χ4n) is 2.26. The topological polar surface area (TPSA) is 17.0 Å². The number of hydrogen-bond donors (Lipinski definition) is 1. The summed E-state index contributed by atoms with van der Waals surface area (Å²) in [7, 11) is 0. The van der Waals surface area contributed by atoms with E-state index in [0.29, 0.717) is 5.92 Å². The Kier molecular flexibility index (Phi) is 4.08. The van der Waals surface area contributed by atoms with Crippen molar-refractivity contribution < 1.29 is 0 Å². The van der Waals surface area contributed by atoms with Crippen LogP contribution in [0.1, 0.15) is 36.2 Å². The van der Waals surface area contributed by atoms with Gasteiger partial charge < -0.3 is 5.43 Å². The lowest BCUT2D eigenvalue weighted by Gasteiger charge is -2.16. The second kappa shape index (κ2) is 5.76. The van der Waals surface area contributed by atoms with Gasteiger partial charge >= 0.3 is 0 Å². The Labute approximate surface area is 110 Å². The zero-order valence-electron chi connectivity index (χ0n) is 11.5. The monoisotopic (exact) mass is 242 g/mol. The molecule has 0 fully saturated rings. The van der Waals surface area contributed by atoms with Gasteiger partial charge in [0, 0.05) is 17.9 Å². The number of nitrogens with one attached hydrogen (secondary N) is 1. The van der Waals surface area contributed by atoms with Crippen LogP contribution in [0.25, 0.3) is 0 Å². The summed E-state index contributed by atoms with van der Waals surface area (Å²) in [6.07, 6.45) is 1.14. The molecule has 1 aromatic carbocycles. The van der Waals surface area contributed by atoms with Gasteiger partial charge in [-0.3, -0.25) is 4.68 Å². The summed E-state index contributed by atoms with van der Waals surface area (Å²) >= 11 is 0. The van der Waals surface area contributed by atoms with E-state index in [0.717, 1.165) is 13.0 Å². The Morgan fingerprint density at radius 2 is 1.61 bits per heavy atom. The van der Waals surface area contributed by atoms with Gasteiger partial charge in [0.15, 0.2) is 0 Å². The maximum absolute atomic E-state index is 3.48. The summed E-state index contributed by atoms with van der Waals surface area (Å²) in [4.78, 5) is 0. The molecule has 2 aromatic rings. The molecule has 1 heterocycles. The second-order valence-corrected chi connectivity index (χ2v) is 4.96. The molecule has 0 aliphatic heterocycles. The van der Waals surface area contributed by atoms with Gasteiger partial charge in [-0.2, -0.15) is 0 Å². The van der Waals surface area contributed by atoms with Crippen molar-refractivity contribution in [2.24, 2.45) is 0 Å². The molecule has 0 saturated carbocycles. The van der Waals surface area contributed by atoms with Crippen LogP contribution < -0.4 is 5.43 Å². The zero-order chi connectivity index (χ0) is 13.0. The Bertz CT molecular complexity index is 466. The molecule has 0 amide bonds. The summed E-state index contributed by atoms with van der Waals surface area (Å²) in [6.45, 7) is 7.53. The average molecular weight is 242 g/mol. The molecule has 1 atom stereocenters. The standard InChI is InChI=1S/C16H22N2/c1-13(16-7-5-4-6-8-16)11-12-17-18-14(2)9-10-15(18)3/h4-10,13,17H,11-12H2,1-3H3. The van der Waals surface area contributed by atoms with Crippen LogP contribution in [0.4, 0.5) is 0 Å². The van der Waals surface area contributed by atoms with Gasteiger partial charge in [0.05, 0.1) is 0 Å². The van der Waals surface area contributed by atoms with Crippen LogP contribution in [-0.2, 0) is 0 Å². The summed E-state index contributed by atoms with van der Waals surface area (Å²) in [5.74, 6) is 0.592. The first-order chi connectivity index (χ1) is 8.68. The van der Waals surface area contributed by atoms with E-state index in [2.05, 4.69) is 73.3 Å². The summed E-state index contributed by atoms with van der Waals surface area (Å²) in [5, 5.41) is 0. The highest BCUT2D eigenvalue weighted by Gasteiger charge is 2.05. The summed E-state index contributed by atoms with van der Waals surface area (Å²) in [6, 6.07) is 15.0. The van der Waals surface area contributed by atoms with Gasteiger partial charge in [-0.1, -0.05) is 37.3 Å². The van der Waals surface area contributed by atoms with Crippen molar-refractivity contribution in [1.82, 2.24) is 4.68 Å². The minimum absolute atomic E-state index is 0.592. The van der Waals surface area contributed by atoms with Crippen LogP contribution in [-0.4, -0.2) is 11.2 Å². The molecule has 0 aliphatic carbocycles. The summed E-state index contributed by atoms with van der Waals surface area (Å²) in [5.41, 5.74) is 7.42. The smallest absolute Gasteiger partial charge is 0.0366 e. The molecule has 2 nitrogen and oxygen atoms in total. The SMILES string of the molecule is Cc1ccc(C)n1NCCC(C)c1ccccc1. The van der Waals surface area contributed by atoms with Crippen molar-refractivity contribution in [2.75, 3.05) is 12.0 Å². The molecule has 0 aliphatic rings. The fourth-order valence-corrected chi connectivity index (χ4v) is 2.26. The number of aryl methyl sites for hydroxylation is 2. The predicted molar refractivity (Wildman–Crippen MR) is 77.6 cm³/mol. The minimum Gasteiger partial charge on any atom is -0.326 e. The first-order valence-corrected chi connectivity index (χ1v) is 6.62. The molecule has 0 bridgehead atoms. The van der Waals surface area contributed by atoms with Gasteiger partial charge in [0.1, 0.15) is 0 Å². The van der Waals surface area contributed by atoms with Gasteiger partial charge in [-0.15, -0.1) is 0 Å². The van der Waals surface area contributed by atoms with Crippen LogP contribution in [0, 0.1) is 13.8 Å². The Balaban J connectivity index is 1.86. The zero-order valence-corrected chi connectivity index (χ0v) is 11.5. The molecular weight excluding hydrogens is 220 g/mol. The third kappa shape index (κ3) is 2.95. The number of aromatic nitrogens is 1. The highest BCUT2D eigenvalue weighted by molar-refractivity contribution is 5.19. The van der Waals surface area contributed by atoms with Crippen molar-refractivity contribution in [3.05, 3.63) is 59.4 Å². The van der Waals surface area contributed by atoms with Crippen molar-refractivity contribution >= 4 is 0 Å². The maximum atomic E-state index is 3.48. The number of nitrogens with zero attached hydrogens (tertiary/aromatic N) is 1. The number of hydrogen-bond acceptors (Lipinski definition) is 1. The quantitative estimate of drug-likeness (QED) is 0.843. The van der Waals surface area contributed by atoms with Crippen molar-refractivity contribution in [3.63, 3.8) is 0 Å². The molecule has 1 N–H and O–H groups in total. The van der Waals surface area contributed by atoms with Crippen molar-refractivity contribution in [1.29, 1.82) is 0 Å². The van der Waals surface area contributed by atoms with E-state index in [9.17, 15) is 0 Å². The van der Waals surface area contributed by atoms with E-state index >= 15 is 0 Å². The molecule has 0 saturated heterocycles. The first-order valence-electron chi connectivity index (χ1n) is 6.62. The van der Waals surface area contributed by atoms with Gasteiger partial charge in [0.25, 0.3) is 0 Å². The molecule has 0 spiro atoms. The third-order valence-electron chi connectivity index (χ3n) is 3.49. The normalized spacial score (nSPS) is 12.4. The molecule has 2 heteroatoms. The average Bonchev–Trinajstić information content (AvgIpc) is 2.71. The van der Waals surface area contributed by atoms with Gasteiger partial charge in [-0.05, 0) is 43.9 Å². The lowest BCUT2D eigenvalue weighted by atomic mass is 9.98. The van der Waals surface area contributed by atoms with Crippen LogP contribution in [0.2, 0.25) is 0 Å². The van der Waals surface area contributed by atoms with Gasteiger partial charge in [0.2, 0.25) is 0 Å². The molecule has 2 rings (SSSR count). The predicted octanol–water partition coefficient (Wildman–Crippen LogP) is 3.84. The number of rotatable bonds is 5. The van der Waals surface area contributed by atoms with E-state index in [1.165, 1.54) is 17.0 Å². The fraction of sp³-hybridized carbons (Fsp3) is 0.375. The van der Waals surface area contributed by atoms with Crippen molar-refractivity contribution in [3.8, 4) is 0 Å². The second-order valence-electron chi connectivity index (χ2n) is 4.96. The Morgan fingerprint density at radius 1 is 1.00 bits per heavy atom. The van der Waals surface area contributed by atoms with E-state index in [4.69, 9.17) is 0 Å². The first kappa shape index (κ1) is 12.7. The van der Waals surface area contributed by atoms with E-state index in [1.54, 1.807) is 0 Å². The molecule has 1 unspecified atom stereocenters. The molecule has 1 aromatic heterocycles. The van der Waals surface area contributed by atoms with Crippen LogP contribution in [0.15, 0.2) is 42.5 Å². The molecule has 18 heavy (non-hydrogen) atoms. The Hall–Kier alpha value is -1.70. The lowest BCUT2D eigenvalue weighted by molar-refractivity contribution is 0.662. The lowest BCUT2D eigenvalue weighted by Crippen LogP contribution is -2.19. The maximum Gasteiger partial charge on any atom is 0.0366 e. The van der Waals surface area contributed by atoms with E-state index < -0.39 is 0 Å². The number of benzene rings is 1. The van der Waals surface area contributed by atoms with Crippen LogP contribution in [0.3, 0.4) is 0 Å². The van der Waals surface area contributed by atoms with E-state index in [1.807, 2.05) is 0 Å². The third-order valence-corrected chi connectivity index (χ3v) is 3.49. The summed E-state index contributed by atoms with van der Waals surface area (Å²) < 4.78 is 2.16. The van der Waals surface area contributed by atoms with Gasteiger partial charge in [-0.25, -0.2) is 0 Å². The highest BCUT2D eigenvalue weighted by Crippen LogP contribution is 2.17. The molecule has 0 radical (unpaired) electrons. The minimum atomic E-state index is 0.592. The van der Waals surface area contributed by atoms with Crippen molar-refractivity contribution in [2.45, 2.75) is 33.1 Å². The Morgan fingerprint density at radius 3 is 2.22 bits per heavy atom. The highest BCUT2D eigenvalue weighted by atomic mass is 15.4. The molecular formula is C16H22N2. The van der Waals surface area contributed by atoms with Crippen LogP contribution in [0.5, 0.6) is 0 Å². The molecule has 96 valence electrons. The largest absolute Gasteiger partial charge is 0.326 e.